The first-order chi connectivity index (χ1) is 11.7. The zero-order valence-corrected chi connectivity index (χ0v) is 13.8. The van der Waals surface area contributed by atoms with Crippen molar-refractivity contribution in [2.45, 2.75) is 26.0 Å². The Morgan fingerprint density at radius 3 is 3.00 bits per heavy atom. The average molecular weight is 330 g/mol. The summed E-state index contributed by atoms with van der Waals surface area (Å²) < 4.78 is 12.4. The van der Waals surface area contributed by atoms with Gasteiger partial charge in [0.15, 0.2) is 0 Å². The highest BCUT2D eigenvalue weighted by Crippen LogP contribution is 2.18. The number of carbonyl (C=O) groups is 1. The SMILES string of the molecule is COc1ccc(C[C@@H]2CCn3cc(nn3)COCCNC2=O)cc1. The normalized spacial score (nSPS) is 19.0. The zero-order chi connectivity index (χ0) is 16.8. The largest absolute Gasteiger partial charge is 0.497 e. The number of nitrogens with zero attached hydrogens (tertiary/aromatic N) is 3. The van der Waals surface area contributed by atoms with Gasteiger partial charge in [-0.05, 0) is 30.5 Å². The van der Waals surface area contributed by atoms with E-state index in [0.29, 0.717) is 39.1 Å². The standard InChI is InChI=1S/C17H22N4O3/c1-23-16-4-2-13(3-5-16)10-14-6-8-21-11-15(19-20-21)12-24-9-7-18-17(14)22/h2-5,11,14H,6-10,12H2,1H3,(H,18,22)/t14-/m0/s1. The quantitative estimate of drug-likeness (QED) is 0.914. The van der Waals surface area contributed by atoms with Crippen LogP contribution in [0.3, 0.4) is 0 Å². The Balaban J connectivity index is 1.70. The van der Waals surface area contributed by atoms with Crippen LogP contribution in [0.15, 0.2) is 30.5 Å². The molecule has 2 aromatic rings. The van der Waals surface area contributed by atoms with Crippen molar-refractivity contribution < 1.29 is 14.3 Å². The lowest BCUT2D eigenvalue weighted by Gasteiger charge is -2.17. The number of aromatic nitrogens is 3. The van der Waals surface area contributed by atoms with Crippen LogP contribution < -0.4 is 10.1 Å². The molecular weight excluding hydrogens is 308 g/mol. The van der Waals surface area contributed by atoms with E-state index < -0.39 is 0 Å². The first kappa shape index (κ1) is 16.4. The molecule has 1 aromatic carbocycles. The van der Waals surface area contributed by atoms with Gasteiger partial charge in [0.2, 0.25) is 5.91 Å². The molecule has 1 atom stereocenters. The monoisotopic (exact) mass is 330 g/mol. The van der Waals surface area contributed by atoms with Gasteiger partial charge in [0.05, 0.1) is 26.5 Å². The molecule has 128 valence electrons. The maximum absolute atomic E-state index is 12.5. The average Bonchev–Trinajstić information content (AvgIpc) is 3.05. The fraction of sp³-hybridized carbons (Fsp3) is 0.471. The maximum Gasteiger partial charge on any atom is 0.223 e. The third kappa shape index (κ3) is 4.32. The van der Waals surface area contributed by atoms with E-state index >= 15 is 0 Å². The van der Waals surface area contributed by atoms with E-state index in [9.17, 15) is 4.79 Å². The Labute approximate surface area is 141 Å². The summed E-state index contributed by atoms with van der Waals surface area (Å²) in [6, 6.07) is 7.83. The van der Waals surface area contributed by atoms with Gasteiger partial charge in [0, 0.05) is 19.0 Å². The second-order valence-electron chi connectivity index (χ2n) is 5.85. The molecule has 0 spiro atoms. The highest BCUT2D eigenvalue weighted by atomic mass is 16.5. The smallest absolute Gasteiger partial charge is 0.223 e. The lowest BCUT2D eigenvalue weighted by atomic mass is 9.95. The Morgan fingerprint density at radius 2 is 2.21 bits per heavy atom. The van der Waals surface area contributed by atoms with Crippen LogP contribution in [0.2, 0.25) is 0 Å². The van der Waals surface area contributed by atoms with E-state index in [2.05, 4.69) is 15.6 Å². The van der Waals surface area contributed by atoms with E-state index in [1.165, 1.54) is 0 Å². The number of methoxy groups -OCH3 is 1. The summed E-state index contributed by atoms with van der Waals surface area (Å²) >= 11 is 0. The molecule has 1 amide bonds. The maximum atomic E-state index is 12.5. The minimum absolute atomic E-state index is 0.0512. The van der Waals surface area contributed by atoms with Gasteiger partial charge in [0.1, 0.15) is 11.4 Å². The lowest BCUT2D eigenvalue weighted by molar-refractivity contribution is -0.125. The molecule has 1 N–H and O–H groups in total. The number of rotatable bonds is 3. The molecule has 3 rings (SSSR count). The predicted octanol–water partition coefficient (Wildman–Crippen LogP) is 1.18. The summed E-state index contributed by atoms with van der Waals surface area (Å²) in [4.78, 5) is 12.5. The molecule has 7 nitrogen and oxygen atoms in total. The number of ether oxygens (including phenoxy) is 2. The number of aryl methyl sites for hydroxylation is 1. The van der Waals surface area contributed by atoms with Gasteiger partial charge < -0.3 is 14.8 Å². The van der Waals surface area contributed by atoms with Crippen molar-refractivity contribution in [3.8, 4) is 5.75 Å². The van der Waals surface area contributed by atoms with Crippen LogP contribution in [0.4, 0.5) is 0 Å². The van der Waals surface area contributed by atoms with E-state index in [-0.39, 0.29) is 11.8 Å². The second kappa shape index (κ2) is 7.92. The highest BCUT2D eigenvalue weighted by Gasteiger charge is 2.20. The van der Waals surface area contributed by atoms with Crippen LogP contribution in [0.25, 0.3) is 0 Å². The van der Waals surface area contributed by atoms with Crippen molar-refractivity contribution in [1.29, 1.82) is 0 Å². The number of hydrogen-bond acceptors (Lipinski definition) is 5. The highest BCUT2D eigenvalue weighted by molar-refractivity contribution is 5.78. The van der Waals surface area contributed by atoms with E-state index in [1.54, 1.807) is 11.8 Å². The van der Waals surface area contributed by atoms with Crippen molar-refractivity contribution >= 4 is 5.91 Å². The van der Waals surface area contributed by atoms with Crippen molar-refractivity contribution in [2.75, 3.05) is 20.3 Å². The predicted molar refractivity (Wildman–Crippen MR) is 87.5 cm³/mol. The van der Waals surface area contributed by atoms with Crippen molar-refractivity contribution in [1.82, 2.24) is 20.3 Å². The molecule has 2 bridgehead atoms. The summed E-state index contributed by atoms with van der Waals surface area (Å²) in [5.41, 5.74) is 1.92. The first-order valence-corrected chi connectivity index (χ1v) is 8.12. The first-order valence-electron chi connectivity index (χ1n) is 8.12. The molecule has 1 aliphatic rings. The van der Waals surface area contributed by atoms with Crippen LogP contribution in [-0.2, 0) is 29.1 Å². The van der Waals surface area contributed by atoms with Crippen molar-refractivity contribution in [3.05, 3.63) is 41.7 Å². The van der Waals surface area contributed by atoms with Crippen molar-refractivity contribution in [2.24, 2.45) is 5.92 Å². The topological polar surface area (TPSA) is 78.3 Å². The summed E-state index contributed by atoms with van der Waals surface area (Å²) in [5, 5.41) is 11.1. The third-order valence-corrected chi connectivity index (χ3v) is 4.10. The molecule has 24 heavy (non-hydrogen) atoms. The van der Waals surface area contributed by atoms with Gasteiger partial charge in [-0.3, -0.25) is 9.48 Å². The van der Waals surface area contributed by atoms with Gasteiger partial charge in [0.25, 0.3) is 0 Å². The van der Waals surface area contributed by atoms with Crippen LogP contribution in [0, 0.1) is 5.92 Å². The lowest BCUT2D eigenvalue weighted by Crippen LogP contribution is -2.35. The zero-order valence-electron chi connectivity index (χ0n) is 13.8. The Hall–Kier alpha value is -2.41. The van der Waals surface area contributed by atoms with Gasteiger partial charge in [-0.2, -0.15) is 0 Å². The summed E-state index contributed by atoms with van der Waals surface area (Å²) in [5.74, 6) is 0.745. The number of fused-ring (bicyclic) bond motifs is 2. The Morgan fingerprint density at radius 1 is 1.38 bits per heavy atom. The van der Waals surface area contributed by atoms with Gasteiger partial charge in [-0.15, -0.1) is 5.10 Å². The number of amides is 1. The molecule has 0 fully saturated rings. The van der Waals surface area contributed by atoms with Crippen molar-refractivity contribution in [3.63, 3.8) is 0 Å². The molecular formula is C17H22N4O3. The molecule has 1 aromatic heterocycles. The summed E-state index contributed by atoms with van der Waals surface area (Å²) in [6.45, 7) is 2.05. The van der Waals surface area contributed by atoms with E-state index in [4.69, 9.17) is 9.47 Å². The number of nitrogens with one attached hydrogen (secondary N) is 1. The summed E-state index contributed by atoms with van der Waals surface area (Å²) in [7, 11) is 1.64. The fourth-order valence-corrected chi connectivity index (χ4v) is 2.74. The summed E-state index contributed by atoms with van der Waals surface area (Å²) in [6.07, 6.45) is 3.27. The molecule has 2 heterocycles. The number of benzene rings is 1. The molecule has 0 unspecified atom stereocenters. The molecule has 1 aliphatic heterocycles. The van der Waals surface area contributed by atoms with E-state index in [0.717, 1.165) is 17.0 Å². The molecule has 7 heteroatoms. The number of hydrogen-bond donors (Lipinski definition) is 1. The Kier molecular flexibility index (Phi) is 5.43. The van der Waals surface area contributed by atoms with Gasteiger partial charge in [-0.25, -0.2) is 0 Å². The van der Waals surface area contributed by atoms with Crippen LogP contribution >= 0.6 is 0 Å². The third-order valence-electron chi connectivity index (χ3n) is 4.10. The van der Waals surface area contributed by atoms with Crippen LogP contribution in [0.1, 0.15) is 17.7 Å². The van der Waals surface area contributed by atoms with Crippen LogP contribution in [-0.4, -0.2) is 41.2 Å². The Bertz CT molecular complexity index is 669. The van der Waals surface area contributed by atoms with Gasteiger partial charge in [-0.1, -0.05) is 17.3 Å². The fourth-order valence-electron chi connectivity index (χ4n) is 2.74. The van der Waals surface area contributed by atoms with E-state index in [1.807, 2.05) is 30.5 Å². The minimum atomic E-state index is -0.120. The minimum Gasteiger partial charge on any atom is -0.497 e. The molecule has 0 saturated heterocycles. The second-order valence-corrected chi connectivity index (χ2v) is 5.85. The molecule has 0 aliphatic carbocycles. The van der Waals surface area contributed by atoms with Gasteiger partial charge >= 0.3 is 0 Å². The molecule has 0 saturated carbocycles. The molecule has 0 radical (unpaired) electrons. The van der Waals surface area contributed by atoms with Crippen LogP contribution in [0.5, 0.6) is 5.75 Å². The number of carbonyl (C=O) groups excluding carboxylic acids is 1.